The van der Waals surface area contributed by atoms with Gasteiger partial charge < -0.3 is 9.47 Å². The Labute approximate surface area is 148 Å². The molecule has 0 saturated carbocycles. The van der Waals surface area contributed by atoms with Crippen molar-refractivity contribution in [3.63, 3.8) is 0 Å². The molecule has 2 aromatic carbocycles. The summed E-state index contributed by atoms with van der Waals surface area (Å²) in [4.78, 5) is 12.9. The van der Waals surface area contributed by atoms with Crippen LogP contribution in [0.25, 0.3) is 16.9 Å². The first-order chi connectivity index (χ1) is 12.2. The van der Waals surface area contributed by atoms with E-state index in [4.69, 9.17) is 21.1 Å². The molecule has 0 unspecified atom stereocenters. The third-order valence-corrected chi connectivity index (χ3v) is 3.92. The van der Waals surface area contributed by atoms with Crippen molar-refractivity contribution in [2.45, 2.75) is 0 Å². The van der Waals surface area contributed by atoms with Gasteiger partial charge >= 0.3 is 6.01 Å². The van der Waals surface area contributed by atoms with Crippen LogP contribution < -0.4 is 9.47 Å². The van der Waals surface area contributed by atoms with Crippen molar-refractivity contribution in [3.8, 4) is 23.3 Å². The molecule has 2 heterocycles. The van der Waals surface area contributed by atoms with Crippen LogP contribution in [0.5, 0.6) is 17.5 Å². The molecule has 0 saturated heterocycles. The molecule has 0 aliphatic rings. The van der Waals surface area contributed by atoms with Crippen LogP contribution in [0.2, 0.25) is 5.02 Å². The van der Waals surface area contributed by atoms with Crippen LogP contribution in [-0.4, -0.2) is 26.6 Å². The Morgan fingerprint density at radius 2 is 1.72 bits per heavy atom. The number of para-hydroxylation sites is 2. The molecule has 6 nitrogen and oxygen atoms in total. The largest absolute Gasteiger partial charge is 0.497 e. The van der Waals surface area contributed by atoms with Gasteiger partial charge in [0.15, 0.2) is 5.82 Å². The van der Waals surface area contributed by atoms with Crippen LogP contribution in [0.15, 0.2) is 61.1 Å². The Bertz CT molecular complexity index is 1030. The van der Waals surface area contributed by atoms with Gasteiger partial charge in [0.25, 0.3) is 0 Å². The van der Waals surface area contributed by atoms with E-state index < -0.39 is 0 Å². The van der Waals surface area contributed by atoms with E-state index in [0.717, 1.165) is 16.8 Å². The molecule has 0 aliphatic heterocycles. The molecule has 25 heavy (non-hydrogen) atoms. The van der Waals surface area contributed by atoms with Gasteiger partial charge in [0.1, 0.15) is 22.8 Å². The average Bonchev–Trinajstić information content (AvgIpc) is 3.08. The molecule has 0 spiro atoms. The standard InChI is InChI=1S/C18H13ClN4O2/c1-24-12-6-8-13(9-7-12)25-18-20-10-14(19)17(22-18)23-11-21-15-4-2-3-5-16(15)23/h2-11H,1H3. The molecule has 0 N–H and O–H groups in total. The fourth-order valence-electron chi connectivity index (χ4n) is 2.44. The zero-order valence-electron chi connectivity index (χ0n) is 13.3. The molecule has 0 amide bonds. The second kappa shape index (κ2) is 6.41. The first kappa shape index (κ1) is 15.4. The van der Waals surface area contributed by atoms with Crippen molar-refractivity contribution < 1.29 is 9.47 Å². The summed E-state index contributed by atoms with van der Waals surface area (Å²) in [5.74, 6) is 1.85. The van der Waals surface area contributed by atoms with Crippen LogP contribution >= 0.6 is 11.6 Å². The molecule has 4 rings (SSSR count). The molecular weight excluding hydrogens is 340 g/mol. The second-order valence-corrected chi connectivity index (χ2v) is 5.61. The third kappa shape index (κ3) is 2.99. The van der Waals surface area contributed by atoms with E-state index >= 15 is 0 Å². The van der Waals surface area contributed by atoms with E-state index in [-0.39, 0.29) is 6.01 Å². The highest BCUT2D eigenvalue weighted by molar-refractivity contribution is 6.32. The van der Waals surface area contributed by atoms with Gasteiger partial charge in [-0.1, -0.05) is 23.7 Å². The highest BCUT2D eigenvalue weighted by Crippen LogP contribution is 2.26. The minimum absolute atomic E-state index is 0.197. The fraction of sp³-hybridized carbons (Fsp3) is 0.0556. The number of fused-ring (bicyclic) bond motifs is 1. The van der Waals surface area contributed by atoms with Crippen LogP contribution in [0, 0.1) is 0 Å². The Morgan fingerprint density at radius 1 is 0.960 bits per heavy atom. The van der Waals surface area contributed by atoms with Gasteiger partial charge in [-0.25, -0.2) is 9.97 Å². The monoisotopic (exact) mass is 352 g/mol. The van der Waals surface area contributed by atoms with E-state index in [9.17, 15) is 0 Å². The summed E-state index contributed by atoms with van der Waals surface area (Å²) >= 11 is 6.28. The highest BCUT2D eigenvalue weighted by atomic mass is 35.5. The van der Waals surface area contributed by atoms with Crippen LogP contribution in [0.3, 0.4) is 0 Å². The van der Waals surface area contributed by atoms with E-state index in [1.807, 2.05) is 24.3 Å². The lowest BCUT2D eigenvalue weighted by Gasteiger charge is -2.09. The van der Waals surface area contributed by atoms with Gasteiger partial charge in [0.2, 0.25) is 0 Å². The summed E-state index contributed by atoms with van der Waals surface area (Å²) in [6.45, 7) is 0. The van der Waals surface area contributed by atoms with Crippen molar-refractivity contribution >= 4 is 22.6 Å². The summed E-state index contributed by atoms with van der Waals surface area (Å²) in [6, 6.07) is 15.1. The lowest BCUT2D eigenvalue weighted by atomic mass is 10.3. The molecular formula is C18H13ClN4O2. The average molecular weight is 353 g/mol. The van der Waals surface area contributed by atoms with Crippen molar-refractivity contribution in [2.24, 2.45) is 0 Å². The summed E-state index contributed by atoms with van der Waals surface area (Å²) in [7, 11) is 1.61. The Balaban J connectivity index is 1.71. The highest BCUT2D eigenvalue weighted by Gasteiger charge is 2.12. The molecule has 0 aliphatic carbocycles. The number of hydrogen-bond donors (Lipinski definition) is 0. The Hall–Kier alpha value is -3.12. The van der Waals surface area contributed by atoms with Gasteiger partial charge in [-0.05, 0) is 36.4 Å². The van der Waals surface area contributed by atoms with Crippen molar-refractivity contribution in [1.29, 1.82) is 0 Å². The predicted molar refractivity (Wildman–Crippen MR) is 94.7 cm³/mol. The number of benzene rings is 2. The molecule has 0 atom stereocenters. The lowest BCUT2D eigenvalue weighted by molar-refractivity contribution is 0.410. The summed E-state index contributed by atoms with van der Waals surface area (Å²) in [5.41, 5.74) is 1.76. The number of ether oxygens (including phenoxy) is 2. The maximum absolute atomic E-state index is 6.28. The van der Waals surface area contributed by atoms with Crippen LogP contribution in [-0.2, 0) is 0 Å². The van der Waals surface area contributed by atoms with Gasteiger partial charge in [-0.2, -0.15) is 4.98 Å². The van der Waals surface area contributed by atoms with E-state index in [1.165, 1.54) is 6.20 Å². The predicted octanol–water partition coefficient (Wildman–Crippen LogP) is 4.27. The van der Waals surface area contributed by atoms with Crippen LogP contribution in [0.4, 0.5) is 0 Å². The summed E-state index contributed by atoms with van der Waals surface area (Å²) in [6.07, 6.45) is 3.19. The molecule has 4 aromatic rings. The van der Waals surface area contributed by atoms with Crippen molar-refractivity contribution in [2.75, 3.05) is 7.11 Å². The quantitative estimate of drug-likeness (QED) is 0.549. The smallest absolute Gasteiger partial charge is 0.324 e. The zero-order valence-corrected chi connectivity index (χ0v) is 14.0. The minimum Gasteiger partial charge on any atom is -0.497 e. The number of hydrogen-bond acceptors (Lipinski definition) is 5. The first-order valence-corrected chi connectivity index (χ1v) is 7.89. The van der Waals surface area contributed by atoms with E-state index in [1.54, 1.807) is 42.3 Å². The number of methoxy groups -OCH3 is 1. The first-order valence-electron chi connectivity index (χ1n) is 7.51. The van der Waals surface area contributed by atoms with Crippen molar-refractivity contribution in [3.05, 3.63) is 66.1 Å². The van der Waals surface area contributed by atoms with Gasteiger partial charge in [0.05, 0.1) is 24.3 Å². The minimum atomic E-state index is 0.197. The van der Waals surface area contributed by atoms with Gasteiger partial charge in [0, 0.05) is 0 Å². The molecule has 124 valence electrons. The number of halogens is 1. The maximum Gasteiger partial charge on any atom is 0.324 e. The molecule has 0 bridgehead atoms. The zero-order chi connectivity index (χ0) is 17.2. The van der Waals surface area contributed by atoms with Gasteiger partial charge in [-0.3, -0.25) is 4.57 Å². The maximum atomic E-state index is 6.28. The number of imidazole rings is 1. The van der Waals surface area contributed by atoms with Gasteiger partial charge in [-0.15, -0.1) is 0 Å². The van der Waals surface area contributed by atoms with Crippen LogP contribution in [0.1, 0.15) is 0 Å². The lowest BCUT2D eigenvalue weighted by Crippen LogP contribution is -2.01. The molecule has 0 fully saturated rings. The van der Waals surface area contributed by atoms with E-state index in [0.29, 0.717) is 16.6 Å². The fourth-order valence-corrected chi connectivity index (χ4v) is 2.62. The summed E-state index contributed by atoms with van der Waals surface area (Å²) < 4.78 is 12.6. The molecule has 2 aromatic heterocycles. The number of nitrogens with zero attached hydrogens (tertiary/aromatic N) is 4. The molecule has 0 radical (unpaired) electrons. The Morgan fingerprint density at radius 3 is 2.52 bits per heavy atom. The summed E-state index contributed by atoms with van der Waals surface area (Å²) in [5, 5.41) is 0.408. The topological polar surface area (TPSA) is 62.1 Å². The van der Waals surface area contributed by atoms with Crippen molar-refractivity contribution in [1.82, 2.24) is 19.5 Å². The number of aromatic nitrogens is 4. The number of rotatable bonds is 4. The third-order valence-electron chi connectivity index (χ3n) is 3.65. The van der Waals surface area contributed by atoms with E-state index in [2.05, 4.69) is 15.0 Å². The normalized spacial score (nSPS) is 10.8. The molecule has 7 heteroatoms. The second-order valence-electron chi connectivity index (χ2n) is 5.20. The SMILES string of the molecule is COc1ccc(Oc2ncc(Cl)c(-n3cnc4ccccc43)n2)cc1. The Kier molecular flexibility index (Phi) is 3.95.